The molecule has 0 aliphatic rings. The van der Waals surface area contributed by atoms with Crippen molar-refractivity contribution in [3.05, 3.63) is 29.8 Å². The molecule has 0 saturated carbocycles. The number of hydrogen-bond donors (Lipinski definition) is 5. The fourth-order valence-corrected chi connectivity index (χ4v) is 1.17. The summed E-state index contributed by atoms with van der Waals surface area (Å²) in [6.07, 6.45) is -0.155. The summed E-state index contributed by atoms with van der Waals surface area (Å²) in [6.45, 7) is -0.173. The number of aliphatic hydroxyl groups is 1. The Morgan fingerprint density at radius 2 is 1.71 bits per heavy atom. The van der Waals surface area contributed by atoms with Gasteiger partial charge in [-0.3, -0.25) is 9.59 Å². The number of Topliss-reactive ketones (excluding diaryl/α,β-unsaturated/α-hetero) is 1. The van der Waals surface area contributed by atoms with Crippen LogP contribution in [0.2, 0.25) is 0 Å². The van der Waals surface area contributed by atoms with E-state index in [1.54, 1.807) is 12.1 Å². The van der Waals surface area contributed by atoms with Crippen LogP contribution in [0.5, 0.6) is 5.75 Å². The number of carboxylic acid groups (broad SMARTS) is 2. The first kappa shape index (κ1) is 18.6. The molecule has 1 aromatic rings. The van der Waals surface area contributed by atoms with Crippen molar-refractivity contribution >= 4 is 17.7 Å². The quantitative estimate of drug-likeness (QED) is 0.434. The third kappa shape index (κ3) is 7.65. The number of ketones is 1. The topological polar surface area (TPSA) is 158 Å². The normalized spacial score (nSPS) is 11.0. The predicted molar refractivity (Wildman–Crippen MR) is 71.8 cm³/mol. The average molecular weight is 299 g/mol. The molecule has 0 amide bonds. The Kier molecular flexibility index (Phi) is 8.35. The molecule has 0 aromatic heterocycles. The molecule has 0 aliphatic carbocycles. The molecule has 0 fully saturated rings. The average Bonchev–Trinajstić information content (AvgIpc) is 2.42. The van der Waals surface area contributed by atoms with Crippen LogP contribution in [0.3, 0.4) is 0 Å². The lowest BCUT2D eigenvalue weighted by Crippen LogP contribution is -2.30. The van der Waals surface area contributed by atoms with Crippen molar-refractivity contribution in [2.75, 3.05) is 6.61 Å². The molecule has 0 radical (unpaired) electrons. The van der Waals surface area contributed by atoms with Crippen LogP contribution in [0, 0.1) is 0 Å². The Bertz CT molecular complexity index is 501. The monoisotopic (exact) mass is 299 g/mol. The minimum absolute atomic E-state index is 0.0582. The van der Waals surface area contributed by atoms with E-state index in [2.05, 4.69) is 0 Å². The number of phenols is 1. The van der Waals surface area contributed by atoms with E-state index in [-0.39, 0.29) is 25.2 Å². The van der Waals surface area contributed by atoms with Crippen LogP contribution in [0.1, 0.15) is 12.0 Å². The number of aliphatic carboxylic acids is 2. The number of nitrogens with two attached hydrogens (primary N) is 1. The van der Waals surface area contributed by atoms with Crippen molar-refractivity contribution in [1.29, 1.82) is 0 Å². The number of carbonyl (C=O) groups is 3. The fourth-order valence-electron chi connectivity index (χ4n) is 1.17. The van der Waals surface area contributed by atoms with Crippen molar-refractivity contribution in [1.82, 2.24) is 0 Å². The summed E-state index contributed by atoms with van der Waals surface area (Å²) in [5.41, 5.74) is 5.30. The molecule has 1 atom stereocenters. The molecule has 0 spiro atoms. The van der Waals surface area contributed by atoms with Crippen LogP contribution in [-0.2, 0) is 20.8 Å². The SMILES string of the molecule is NC(CCO)C(=O)O.O=C(O)C(=O)Cc1ccccc1O. The Labute approximate surface area is 120 Å². The van der Waals surface area contributed by atoms with E-state index < -0.39 is 23.8 Å². The molecule has 1 rings (SSSR count). The van der Waals surface area contributed by atoms with E-state index in [0.717, 1.165) is 0 Å². The predicted octanol–water partition coefficient (Wildman–Crippen LogP) is -0.631. The van der Waals surface area contributed by atoms with Gasteiger partial charge < -0.3 is 26.2 Å². The van der Waals surface area contributed by atoms with Gasteiger partial charge in [-0.15, -0.1) is 0 Å². The lowest BCUT2D eigenvalue weighted by molar-refractivity contribution is -0.148. The summed E-state index contributed by atoms with van der Waals surface area (Å²) in [4.78, 5) is 30.8. The minimum Gasteiger partial charge on any atom is -0.508 e. The number of benzene rings is 1. The van der Waals surface area contributed by atoms with Gasteiger partial charge in [0.05, 0.1) is 0 Å². The number of carbonyl (C=O) groups excluding carboxylic acids is 1. The smallest absolute Gasteiger partial charge is 0.372 e. The van der Waals surface area contributed by atoms with E-state index in [9.17, 15) is 19.5 Å². The summed E-state index contributed by atoms with van der Waals surface area (Å²) in [7, 11) is 0. The number of phenolic OH excluding ortho intramolecular Hbond substituents is 1. The molecule has 1 aromatic carbocycles. The first-order valence-corrected chi connectivity index (χ1v) is 5.91. The van der Waals surface area contributed by atoms with Crippen molar-refractivity contribution < 1.29 is 34.8 Å². The molecule has 0 aliphatic heterocycles. The Balaban J connectivity index is 0.000000433. The standard InChI is InChI=1S/C9H8O4.C4H9NO3/c10-7-4-2-1-3-6(7)5-8(11)9(12)13;5-3(1-2-6)4(7)8/h1-4,10H,5H2,(H,12,13);3,6H,1-2,5H2,(H,7,8). The lowest BCUT2D eigenvalue weighted by atomic mass is 10.1. The van der Waals surface area contributed by atoms with Crippen LogP contribution < -0.4 is 5.73 Å². The summed E-state index contributed by atoms with van der Waals surface area (Å²) in [5, 5.41) is 33.7. The van der Waals surface area contributed by atoms with Gasteiger partial charge >= 0.3 is 11.9 Å². The number of para-hydroxylation sites is 1. The Morgan fingerprint density at radius 1 is 1.14 bits per heavy atom. The van der Waals surface area contributed by atoms with Crippen molar-refractivity contribution in [3.63, 3.8) is 0 Å². The highest BCUT2D eigenvalue weighted by Gasteiger charge is 2.13. The van der Waals surface area contributed by atoms with E-state index in [4.69, 9.17) is 21.1 Å². The molecule has 116 valence electrons. The van der Waals surface area contributed by atoms with Crippen LogP contribution in [-0.4, -0.2) is 50.8 Å². The third-order valence-electron chi connectivity index (χ3n) is 2.34. The van der Waals surface area contributed by atoms with Crippen LogP contribution in [0.4, 0.5) is 0 Å². The number of aromatic hydroxyl groups is 1. The van der Waals surface area contributed by atoms with Gasteiger partial charge in [-0.05, 0) is 12.5 Å². The van der Waals surface area contributed by atoms with Gasteiger partial charge in [0, 0.05) is 18.6 Å². The zero-order chi connectivity index (χ0) is 16.4. The Morgan fingerprint density at radius 3 is 2.10 bits per heavy atom. The summed E-state index contributed by atoms with van der Waals surface area (Å²) < 4.78 is 0. The van der Waals surface area contributed by atoms with Gasteiger partial charge in [-0.2, -0.15) is 0 Å². The number of carboxylic acids is 2. The summed E-state index contributed by atoms with van der Waals surface area (Å²) >= 11 is 0. The van der Waals surface area contributed by atoms with E-state index in [1.807, 2.05) is 0 Å². The molecule has 0 heterocycles. The van der Waals surface area contributed by atoms with E-state index >= 15 is 0 Å². The molecule has 8 heteroatoms. The van der Waals surface area contributed by atoms with Gasteiger partial charge in [-0.25, -0.2) is 4.79 Å². The van der Waals surface area contributed by atoms with Crippen molar-refractivity contribution in [3.8, 4) is 5.75 Å². The third-order valence-corrected chi connectivity index (χ3v) is 2.34. The number of hydrogen-bond acceptors (Lipinski definition) is 6. The second-order valence-corrected chi connectivity index (χ2v) is 3.99. The van der Waals surface area contributed by atoms with Crippen LogP contribution in [0.15, 0.2) is 24.3 Å². The van der Waals surface area contributed by atoms with Gasteiger partial charge in [0.1, 0.15) is 11.8 Å². The molecule has 6 N–H and O–H groups in total. The lowest BCUT2D eigenvalue weighted by Gasteiger charge is -2.00. The molecule has 21 heavy (non-hydrogen) atoms. The first-order valence-electron chi connectivity index (χ1n) is 5.91. The molecule has 0 bridgehead atoms. The van der Waals surface area contributed by atoms with Gasteiger partial charge in [-0.1, -0.05) is 18.2 Å². The maximum atomic E-state index is 10.8. The van der Waals surface area contributed by atoms with Gasteiger partial charge in [0.25, 0.3) is 0 Å². The fraction of sp³-hybridized carbons (Fsp3) is 0.308. The highest BCUT2D eigenvalue weighted by Crippen LogP contribution is 2.15. The maximum Gasteiger partial charge on any atom is 0.372 e. The highest BCUT2D eigenvalue weighted by molar-refractivity contribution is 6.33. The van der Waals surface area contributed by atoms with E-state index in [0.29, 0.717) is 5.56 Å². The van der Waals surface area contributed by atoms with Crippen molar-refractivity contribution in [2.45, 2.75) is 18.9 Å². The number of aliphatic hydroxyl groups excluding tert-OH is 1. The van der Waals surface area contributed by atoms with Crippen molar-refractivity contribution in [2.24, 2.45) is 5.73 Å². The zero-order valence-corrected chi connectivity index (χ0v) is 11.1. The van der Waals surface area contributed by atoms with Crippen LogP contribution >= 0.6 is 0 Å². The van der Waals surface area contributed by atoms with E-state index in [1.165, 1.54) is 12.1 Å². The van der Waals surface area contributed by atoms with Crippen LogP contribution in [0.25, 0.3) is 0 Å². The first-order chi connectivity index (χ1) is 9.79. The molecule has 8 nitrogen and oxygen atoms in total. The van der Waals surface area contributed by atoms with Gasteiger partial charge in [0.15, 0.2) is 0 Å². The largest absolute Gasteiger partial charge is 0.508 e. The second-order valence-electron chi connectivity index (χ2n) is 3.99. The Hall–Kier alpha value is -2.45. The molecule has 0 saturated heterocycles. The maximum absolute atomic E-state index is 10.8. The zero-order valence-electron chi connectivity index (χ0n) is 11.1. The molecular weight excluding hydrogens is 282 g/mol. The second kappa shape index (κ2) is 9.45. The summed E-state index contributed by atoms with van der Waals surface area (Å²) in [5.74, 6) is -3.54. The summed E-state index contributed by atoms with van der Waals surface area (Å²) in [6, 6.07) is 5.23. The molecular formula is C13H17NO7. The number of rotatable bonds is 6. The minimum atomic E-state index is -1.48. The van der Waals surface area contributed by atoms with Gasteiger partial charge in [0.2, 0.25) is 5.78 Å². The highest BCUT2D eigenvalue weighted by atomic mass is 16.4. The molecule has 1 unspecified atom stereocenters.